The summed E-state index contributed by atoms with van der Waals surface area (Å²) in [7, 11) is 0. The van der Waals surface area contributed by atoms with Gasteiger partial charge in [0.1, 0.15) is 0 Å². The standard InChI is InChI=1S/C23H23N5O4/c29-21(11-15-2-1-3-17(10-15)28(31)32)26-20-13-23(20)6-8-27(9-7-23)22(30)16-4-5-18-19(12-16)25-14-24-18/h1-5,10,12,14,20H,6-9,11,13H2,(H,24,25)(H,26,29). The summed E-state index contributed by atoms with van der Waals surface area (Å²) < 4.78 is 0. The molecule has 1 unspecified atom stereocenters. The van der Waals surface area contributed by atoms with Crippen molar-refractivity contribution >= 4 is 28.5 Å². The molecule has 1 aliphatic carbocycles. The Hall–Kier alpha value is -3.75. The molecule has 2 aliphatic rings. The average molecular weight is 433 g/mol. The number of rotatable bonds is 5. The third kappa shape index (κ3) is 3.81. The molecule has 3 aromatic rings. The molecule has 1 aromatic heterocycles. The number of carbonyl (C=O) groups excluding carboxylic acids is 2. The van der Waals surface area contributed by atoms with Gasteiger partial charge in [-0.25, -0.2) is 4.98 Å². The van der Waals surface area contributed by atoms with Crippen molar-refractivity contribution < 1.29 is 14.5 Å². The second-order valence-corrected chi connectivity index (χ2v) is 8.72. The van der Waals surface area contributed by atoms with Crippen molar-refractivity contribution in [3.63, 3.8) is 0 Å². The van der Waals surface area contributed by atoms with Crippen molar-refractivity contribution in [2.75, 3.05) is 13.1 Å². The summed E-state index contributed by atoms with van der Waals surface area (Å²) in [5.74, 6) is -0.109. The normalized spacial score (nSPS) is 19.1. The molecular weight excluding hydrogens is 410 g/mol. The molecule has 2 fully saturated rings. The fourth-order valence-corrected chi connectivity index (χ4v) is 4.72. The number of imidazole rings is 1. The predicted octanol–water partition coefficient (Wildman–Crippen LogP) is 2.82. The van der Waals surface area contributed by atoms with Gasteiger partial charge in [-0.05, 0) is 48.4 Å². The lowest BCUT2D eigenvalue weighted by Gasteiger charge is -2.33. The first-order valence-electron chi connectivity index (χ1n) is 10.7. The minimum atomic E-state index is -0.459. The lowest BCUT2D eigenvalue weighted by atomic mass is 9.92. The molecule has 1 saturated heterocycles. The molecule has 1 spiro atoms. The van der Waals surface area contributed by atoms with E-state index in [1.54, 1.807) is 18.5 Å². The van der Waals surface area contributed by atoms with E-state index in [4.69, 9.17) is 0 Å². The zero-order chi connectivity index (χ0) is 22.3. The zero-order valence-electron chi connectivity index (χ0n) is 17.4. The SMILES string of the molecule is O=C(Cc1cccc([N+](=O)[O-])c1)NC1CC12CCN(C(=O)c1ccc3nc[nH]c3c1)CC2. The highest BCUT2D eigenvalue weighted by Gasteiger charge is 2.55. The van der Waals surface area contributed by atoms with Crippen LogP contribution in [-0.2, 0) is 11.2 Å². The topological polar surface area (TPSA) is 121 Å². The van der Waals surface area contributed by atoms with Gasteiger partial charge in [0.25, 0.3) is 11.6 Å². The third-order valence-electron chi connectivity index (χ3n) is 6.72. The summed E-state index contributed by atoms with van der Waals surface area (Å²) in [6, 6.07) is 11.8. The summed E-state index contributed by atoms with van der Waals surface area (Å²) in [5, 5.41) is 14.0. The van der Waals surface area contributed by atoms with Gasteiger partial charge in [0.05, 0.1) is 28.7 Å². The van der Waals surface area contributed by atoms with Gasteiger partial charge >= 0.3 is 0 Å². The Balaban J connectivity index is 1.14. The van der Waals surface area contributed by atoms with Crippen molar-refractivity contribution in [3.8, 4) is 0 Å². The summed E-state index contributed by atoms with van der Waals surface area (Å²) in [4.78, 5) is 44.9. The Labute approximate surface area is 184 Å². The number of hydrogen-bond acceptors (Lipinski definition) is 5. The van der Waals surface area contributed by atoms with Crippen LogP contribution in [0.4, 0.5) is 5.69 Å². The Morgan fingerprint density at radius 2 is 2.03 bits per heavy atom. The number of piperidine rings is 1. The van der Waals surface area contributed by atoms with Crippen LogP contribution in [0.5, 0.6) is 0 Å². The number of aromatic amines is 1. The molecule has 2 aromatic carbocycles. The first-order valence-corrected chi connectivity index (χ1v) is 10.7. The lowest BCUT2D eigenvalue weighted by molar-refractivity contribution is -0.384. The van der Waals surface area contributed by atoms with Crippen LogP contribution in [0.25, 0.3) is 11.0 Å². The van der Waals surface area contributed by atoms with Gasteiger partial charge in [-0.15, -0.1) is 0 Å². The smallest absolute Gasteiger partial charge is 0.269 e. The molecule has 9 nitrogen and oxygen atoms in total. The highest BCUT2D eigenvalue weighted by Crippen LogP contribution is 2.54. The van der Waals surface area contributed by atoms with Gasteiger partial charge in [-0.1, -0.05) is 12.1 Å². The molecule has 1 aliphatic heterocycles. The van der Waals surface area contributed by atoms with E-state index in [0.29, 0.717) is 24.2 Å². The van der Waals surface area contributed by atoms with Gasteiger partial charge in [0.2, 0.25) is 5.91 Å². The number of nitrogens with zero attached hydrogens (tertiary/aromatic N) is 3. The molecule has 1 atom stereocenters. The van der Waals surface area contributed by atoms with Crippen LogP contribution in [-0.4, -0.2) is 50.7 Å². The average Bonchev–Trinajstić information content (AvgIpc) is 3.21. The summed E-state index contributed by atoms with van der Waals surface area (Å²) in [5.41, 5.74) is 3.00. The maximum absolute atomic E-state index is 12.9. The van der Waals surface area contributed by atoms with Gasteiger partial charge in [0.15, 0.2) is 0 Å². The van der Waals surface area contributed by atoms with Gasteiger partial charge in [-0.3, -0.25) is 19.7 Å². The number of aromatic nitrogens is 2. The third-order valence-corrected chi connectivity index (χ3v) is 6.72. The molecule has 0 bridgehead atoms. The highest BCUT2D eigenvalue weighted by atomic mass is 16.6. The van der Waals surface area contributed by atoms with Crippen LogP contribution in [0.1, 0.15) is 35.2 Å². The number of non-ortho nitro benzene ring substituents is 1. The molecule has 9 heteroatoms. The number of benzene rings is 2. The van der Waals surface area contributed by atoms with Crippen LogP contribution in [0.3, 0.4) is 0 Å². The molecule has 164 valence electrons. The van der Waals surface area contributed by atoms with E-state index < -0.39 is 4.92 Å². The molecule has 2 heterocycles. The van der Waals surface area contributed by atoms with Gasteiger partial charge < -0.3 is 15.2 Å². The Bertz CT molecular complexity index is 1210. The monoisotopic (exact) mass is 433 g/mol. The number of likely N-dealkylation sites (tertiary alicyclic amines) is 1. The number of nitro benzene ring substituents is 1. The summed E-state index contributed by atoms with van der Waals surface area (Å²) in [6.07, 6.45) is 4.36. The highest BCUT2D eigenvalue weighted by molar-refractivity contribution is 5.97. The number of nitro groups is 1. The lowest BCUT2D eigenvalue weighted by Crippen LogP contribution is -2.41. The fourth-order valence-electron chi connectivity index (χ4n) is 4.72. The van der Waals surface area contributed by atoms with Crippen molar-refractivity contribution in [2.24, 2.45) is 5.41 Å². The van der Waals surface area contributed by atoms with Gasteiger partial charge in [0, 0.05) is 36.8 Å². The number of fused-ring (bicyclic) bond motifs is 1. The van der Waals surface area contributed by atoms with E-state index in [9.17, 15) is 19.7 Å². The molecule has 0 radical (unpaired) electrons. The van der Waals surface area contributed by atoms with E-state index in [0.717, 1.165) is 30.3 Å². The quantitative estimate of drug-likeness (QED) is 0.473. The van der Waals surface area contributed by atoms with Crippen LogP contribution in [0, 0.1) is 15.5 Å². The van der Waals surface area contributed by atoms with Crippen LogP contribution < -0.4 is 5.32 Å². The minimum absolute atomic E-state index is 0.0121. The Kier molecular flexibility index (Phi) is 4.88. The summed E-state index contributed by atoms with van der Waals surface area (Å²) in [6.45, 7) is 1.33. The Morgan fingerprint density at radius 3 is 2.81 bits per heavy atom. The largest absolute Gasteiger partial charge is 0.353 e. The van der Waals surface area contributed by atoms with Crippen molar-refractivity contribution in [2.45, 2.75) is 31.7 Å². The minimum Gasteiger partial charge on any atom is -0.353 e. The number of carbonyl (C=O) groups is 2. The molecule has 1 saturated carbocycles. The van der Waals surface area contributed by atoms with Crippen LogP contribution in [0.2, 0.25) is 0 Å². The van der Waals surface area contributed by atoms with Crippen molar-refractivity contribution in [1.82, 2.24) is 20.2 Å². The number of nitrogens with one attached hydrogen (secondary N) is 2. The maximum Gasteiger partial charge on any atom is 0.269 e. The zero-order valence-corrected chi connectivity index (χ0v) is 17.4. The molecule has 5 rings (SSSR count). The van der Waals surface area contributed by atoms with Crippen LogP contribution >= 0.6 is 0 Å². The van der Waals surface area contributed by atoms with E-state index >= 15 is 0 Å². The van der Waals surface area contributed by atoms with Crippen molar-refractivity contribution in [1.29, 1.82) is 0 Å². The molecule has 32 heavy (non-hydrogen) atoms. The summed E-state index contributed by atoms with van der Waals surface area (Å²) >= 11 is 0. The first kappa shape index (κ1) is 20.2. The second-order valence-electron chi connectivity index (χ2n) is 8.72. The van der Waals surface area contributed by atoms with Crippen molar-refractivity contribution in [3.05, 3.63) is 70.0 Å². The maximum atomic E-state index is 12.9. The van der Waals surface area contributed by atoms with E-state index in [-0.39, 0.29) is 35.4 Å². The molecule has 2 amide bonds. The molecule has 2 N–H and O–H groups in total. The predicted molar refractivity (Wildman–Crippen MR) is 117 cm³/mol. The van der Waals surface area contributed by atoms with E-state index in [1.807, 2.05) is 23.1 Å². The molecular formula is C23H23N5O4. The van der Waals surface area contributed by atoms with E-state index in [2.05, 4.69) is 15.3 Å². The van der Waals surface area contributed by atoms with E-state index in [1.165, 1.54) is 12.1 Å². The first-order chi connectivity index (χ1) is 15.4. The fraction of sp³-hybridized carbons (Fsp3) is 0.348. The second kappa shape index (κ2) is 7.74. The number of H-pyrrole nitrogens is 1. The Morgan fingerprint density at radius 1 is 1.22 bits per heavy atom. The number of hydrogen-bond donors (Lipinski definition) is 2. The number of amides is 2. The van der Waals surface area contributed by atoms with Crippen LogP contribution in [0.15, 0.2) is 48.8 Å². The van der Waals surface area contributed by atoms with Gasteiger partial charge in [-0.2, -0.15) is 0 Å².